The normalized spacial score (nSPS) is 19.2. The lowest BCUT2D eigenvalue weighted by molar-refractivity contribution is 0.0600. The van der Waals surface area contributed by atoms with Crippen molar-refractivity contribution >= 4 is 16.9 Å². The maximum Gasteiger partial charge on any atom is 0.271 e. The molecule has 0 radical (unpaired) electrons. The van der Waals surface area contributed by atoms with Gasteiger partial charge in [-0.15, -0.1) is 0 Å². The number of hydrogen-bond acceptors (Lipinski definition) is 3. The van der Waals surface area contributed by atoms with E-state index in [1.807, 2.05) is 27.7 Å². The van der Waals surface area contributed by atoms with E-state index in [9.17, 15) is 9.18 Å². The molecular formula is C21H17FN4O. The standard InChI is InChI=1S/C21H17FN4O/c1-12-11-25-17-3-2-8-24-19(17)18(13-4-5-14(10-23)16(22)9-13)20(25)21(27)26(12)15-6-7-15/h2-5,8-9,12,15H,6-7,11H2,1H3/t12-/m1/s1. The molecule has 27 heavy (non-hydrogen) atoms. The van der Waals surface area contributed by atoms with Crippen LogP contribution in [0.25, 0.3) is 22.2 Å². The van der Waals surface area contributed by atoms with Gasteiger partial charge in [0.15, 0.2) is 0 Å². The Morgan fingerprint density at radius 3 is 2.81 bits per heavy atom. The van der Waals surface area contributed by atoms with Gasteiger partial charge in [0.25, 0.3) is 5.91 Å². The highest BCUT2D eigenvalue weighted by atomic mass is 19.1. The van der Waals surface area contributed by atoms with Crippen molar-refractivity contribution in [3.05, 3.63) is 53.6 Å². The van der Waals surface area contributed by atoms with Crippen molar-refractivity contribution < 1.29 is 9.18 Å². The Bertz CT molecular complexity index is 1140. The van der Waals surface area contributed by atoms with Crippen molar-refractivity contribution in [2.45, 2.75) is 38.4 Å². The molecule has 1 amide bonds. The lowest BCUT2D eigenvalue weighted by atomic mass is 10.0. The minimum atomic E-state index is -0.588. The number of carbonyl (C=O) groups is 1. The van der Waals surface area contributed by atoms with Crippen LogP contribution in [-0.2, 0) is 6.54 Å². The third kappa shape index (κ3) is 2.28. The summed E-state index contributed by atoms with van der Waals surface area (Å²) in [7, 11) is 0. The van der Waals surface area contributed by atoms with Crippen molar-refractivity contribution in [3.63, 3.8) is 0 Å². The van der Waals surface area contributed by atoms with Gasteiger partial charge in [-0.3, -0.25) is 9.78 Å². The Hall–Kier alpha value is -3.20. The van der Waals surface area contributed by atoms with E-state index in [2.05, 4.69) is 11.9 Å². The fraction of sp³-hybridized carbons (Fsp3) is 0.286. The fourth-order valence-electron chi connectivity index (χ4n) is 4.17. The largest absolute Gasteiger partial charge is 0.333 e. The summed E-state index contributed by atoms with van der Waals surface area (Å²) in [6, 6.07) is 10.5. The Morgan fingerprint density at radius 2 is 2.11 bits per heavy atom. The number of fused-ring (bicyclic) bond motifs is 3. The van der Waals surface area contributed by atoms with Crippen LogP contribution >= 0.6 is 0 Å². The van der Waals surface area contributed by atoms with Crippen molar-refractivity contribution in [2.24, 2.45) is 0 Å². The Morgan fingerprint density at radius 1 is 1.30 bits per heavy atom. The first kappa shape index (κ1) is 16.0. The molecule has 0 saturated heterocycles. The van der Waals surface area contributed by atoms with Gasteiger partial charge in [-0.2, -0.15) is 5.26 Å². The van der Waals surface area contributed by atoms with Crippen molar-refractivity contribution in [2.75, 3.05) is 0 Å². The molecule has 6 heteroatoms. The number of carbonyl (C=O) groups excluding carboxylic acids is 1. The Kier molecular flexibility index (Phi) is 3.35. The van der Waals surface area contributed by atoms with Gasteiger partial charge >= 0.3 is 0 Å². The topological polar surface area (TPSA) is 61.9 Å². The van der Waals surface area contributed by atoms with Gasteiger partial charge in [0, 0.05) is 30.4 Å². The maximum absolute atomic E-state index is 14.3. The lowest BCUT2D eigenvalue weighted by Gasteiger charge is -2.35. The number of amides is 1. The monoisotopic (exact) mass is 360 g/mol. The smallest absolute Gasteiger partial charge is 0.271 e. The van der Waals surface area contributed by atoms with E-state index in [0.717, 1.165) is 18.4 Å². The summed E-state index contributed by atoms with van der Waals surface area (Å²) in [6.45, 7) is 2.76. The molecule has 1 aromatic carbocycles. The van der Waals surface area contributed by atoms with Gasteiger partial charge < -0.3 is 9.47 Å². The second-order valence-electron chi connectivity index (χ2n) is 7.30. The number of halogens is 1. The number of nitriles is 1. The van der Waals surface area contributed by atoms with E-state index in [1.165, 1.54) is 12.1 Å². The van der Waals surface area contributed by atoms with Crippen LogP contribution < -0.4 is 0 Å². The summed E-state index contributed by atoms with van der Waals surface area (Å²) in [6.07, 6.45) is 3.76. The highest BCUT2D eigenvalue weighted by molar-refractivity contribution is 6.09. The number of pyridine rings is 1. The fourth-order valence-corrected chi connectivity index (χ4v) is 4.17. The molecule has 1 aliphatic heterocycles. The van der Waals surface area contributed by atoms with Gasteiger partial charge in [0.05, 0.1) is 16.6 Å². The van der Waals surface area contributed by atoms with Crippen molar-refractivity contribution in [1.29, 1.82) is 5.26 Å². The molecule has 3 heterocycles. The first-order chi connectivity index (χ1) is 13.1. The predicted molar refractivity (Wildman–Crippen MR) is 98.5 cm³/mol. The number of rotatable bonds is 2. The van der Waals surface area contributed by atoms with Crippen LogP contribution in [0.4, 0.5) is 4.39 Å². The first-order valence-corrected chi connectivity index (χ1v) is 9.10. The van der Waals surface area contributed by atoms with Crippen molar-refractivity contribution in [1.82, 2.24) is 14.5 Å². The summed E-state index contributed by atoms with van der Waals surface area (Å²) in [5.74, 6) is -0.608. The van der Waals surface area contributed by atoms with Gasteiger partial charge in [-0.05, 0) is 49.6 Å². The number of aromatic nitrogens is 2. The summed E-state index contributed by atoms with van der Waals surface area (Å²) < 4.78 is 16.3. The first-order valence-electron chi connectivity index (χ1n) is 9.10. The summed E-state index contributed by atoms with van der Waals surface area (Å²) in [5.41, 5.74) is 3.35. The van der Waals surface area contributed by atoms with E-state index in [-0.39, 0.29) is 17.5 Å². The molecule has 134 valence electrons. The average Bonchev–Trinajstić information content (AvgIpc) is 3.43. The van der Waals surface area contributed by atoms with Crippen LogP contribution in [0.1, 0.15) is 35.8 Å². The van der Waals surface area contributed by atoms with Crippen LogP contribution in [0.15, 0.2) is 36.5 Å². The van der Waals surface area contributed by atoms with Gasteiger partial charge in [0.1, 0.15) is 17.6 Å². The zero-order chi connectivity index (χ0) is 18.7. The minimum absolute atomic E-state index is 0.0105. The van der Waals surface area contributed by atoms with E-state index in [0.29, 0.717) is 34.9 Å². The molecule has 3 aromatic rings. The highest BCUT2D eigenvalue weighted by Gasteiger charge is 2.42. The van der Waals surface area contributed by atoms with E-state index in [4.69, 9.17) is 5.26 Å². The molecule has 1 fully saturated rings. The maximum atomic E-state index is 14.3. The van der Waals surface area contributed by atoms with E-state index in [1.54, 1.807) is 12.3 Å². The molecule has 0 bridgehead atoms. The average molecular weight is 360 g/mol. The van der Waals surface area contributed by atoms with Gasteiger partial charge in [-0.1, -0.05) is 6.07 Å². The van der Waals surface area contributed by atoms with Crippen LogP contribution in [0.3, 0.4) is 0 Å². The molecule has 2 aromatic heterocycles. The second kappa shape index (κ2) is 5.65. The van der Waals surface area contributed by atoms with Gasteiger partial charge in [-0.25, -0.2) is 4.39 Å². The number of hydrogen-bond donors (Lipinski definition) is 0. The quantitative estimate of drug-likeness (QED) is 0.700. The summed E-state index contributed by atoms with van der Waals surface area (Å²) in [5, 5.41) is 9.01. The third-order valence-corrected chi connectivity index (χ3v) is 5.50. The molecule has 0 unspecified atom stereocenters. The van der Waals surface area contributed by atoms with Crippen LogP contribution in [0, 0.1) is 17.1 Å². The molecule has 1 atom stereocenters. The minimum Gasteiger partial charge on any atom is -0.333 e. The molecule has 0 spiro atoms. The predicted octanol–water partition coefficient (Wildman–Crippen LogP) is 3.72. The van der Waals surface area contributed by atoms with Crippen LogP contribution in [-0.4, -0.2) is 32.4 Å². The molecule has 1 saturated carbocycles. The molecule has 5 rings (SSSR count). The number of nitrogens with zero attached hydrogens (tertiary/aromatic N) is 4. The van der Waals surface area contributed by atoms with E-state index >= 15 is 0 Å². The second-order valence-corrected chi connectivity index (χ2v) is 7.30. The molecule has 2 aliphatic rings. The molecular weight excluding hydrogens is 343 g/mol. The third-order valence-electron chi connectivity index (χ3n) is 5.50. The van der Waals surface area contributed by atoms with Crippen LogP contribution in [0.5, 0.6) is 0 Å². The van der Waals surface area contributed by atoms with Gasteiger partial charge in [0.2, 0.25) is 0 Å². The summed E-state index contributed by atoms with van der Waals surface area (Å²) in [4.78, 5) is 19.9. The summed E-state index contributed by atoms with van der Waals surface area (Å²) >= 11 is 0. The molecule has 5 nitrogen and oxygen atoms in total. The number of benzene rings is 1. The highest BCUT2D eigenvalue weighted by Crippen LogP contribution is 2.40. The lowest BCUT2D eigenvalue weighted by Crippen LogP contribution is -2.47. The van der Waals surface area contributed by atoms with E-state index < -0.39 is 5.82 Å². The zero-order valence-electron chi connectivity index (χ0n) is 14.8. The Labute approximate surface area is 155 Å². The molecule has 1 aliphatic carbocycles. The van der Waals surface area contributed by atoms with Crippen molar-refractivity contribution in [3.8, 4) is 17.2 Å². The zero-order valence-corrected chi connectivity index (χ0v) is 14.8. The van der Waals surface area contributed by atoms with Crippen LogP contribution in [0.2, 0.25) is 0 Å². The Balaban J connectivity index is 1.79. The SMILES string of the molecule is C[C@@H]1Cn2c(c(-c3ccc(C#N)c(F)c3)c3ncccc32)C(=O)N1C1CC1. The molecule has 0 N–H and O–H groups in total.